The van der Waals surface area contributed by atoms with E-state index in [2.05, 4.69) is 36.7 Å². The highest BCUT2D eigenvalue weighted by molar-refractivity contribution is 5.79. The van der Waals surface area contributed by atoms with Crippen molar-refractivity contribution in [3.63, 3.8) is 0 Å². The number of allylic oxidation sites excluding steroid dienone is 1. The summed E-state index contributed by atoms with van der Waals surface area (Å²) in [5.41, 5.74) is 4.53. The Kier molecular flexibility index (Phi) is 4.42. The van der Waals surface area contributed by atoms with Crippen molar-refractivity contribution in [1.29, 1.82) is 0 Å². The van der Waals surface area contributed by atoms with Crippen LogP contribution in [0.3, 0.4) is 0 Å². The van der Waals surface area contributed by atoms with Crippen LogP contribution in [0.2, 0.25) is 0 Å². The topological polar surface area (TPSA) is 22.1 Å². The molecule has 0 spiro atoms. The largest absolute Gasteiger partial charge is 0.497 e. The second-order valence-corrected chi connectivity index (χ2v) is 5.90. The van der Waals surface area contributed by atoms with Gasteiger partial charge in [0.1, 0.15) is 5.75 Å². The molecule has 0 aliphatic carbocycles. The molecule has 0 bridgehead atoms. The number of aromatic nitrogens is 1. The van der Waals surface area contributed by atoms with Crippen molar-refractivity contribution in [2.24, 2.45) is 0 Å². The fourth-order valence-corrected chi connectivity index (χ4v) is 2.81. The summed E-state index contributed by atoms with van der Waals surface area (Å²) in [5.74, 6) is 1.23. The van der Waals surface area contributed by atoms with Gasteiger partial charge in [-0.15, -0.1) is 0 Å². The first-order chi connectivity index (χ1) is 11.2. The maximum absolute atomic E-state index is 5.29. The van der Waals surface area contributed by atoms with E-state index in [1.165, 1.54) is 10.9 Å². The zero-order valence-electron chi connectivity index (χ0n) is 13.6. The summed E-state index contributed by atoms with van der Waals surface area (Å²) in [6.07, 6.45) is 2.87. The van der Waals surface area contributed by atoms with Gasteiger partial charge < -0.3 is 4.74 Å². The van der Waals surface area contributed by atoms with Crippen LogP contribution in [0.1, 0.15) is 30.4 Å². The first kappa shape index (κ1) is 15.3. The van der Waals surface area contributed by atoms with Gasteiger partial charge in [-0.2, -0.15) is 0 Å². The Morgan fingerprint density at radius 2 is 1.96 bits per heavy atom. The molecule has 0 saturated heterocycles. The van der Waals surface area contributed by atoms with Crippen molar-refractivity contribution < 1.29 is 4.74 Å². The number of ether oxygens (including phenoxy) is 1. The minimum absolute atomic E-state index is 0.366. The Morgan fingerprint density at radius 1 is 1.13 bits per heavy atom. The van der Waals surface area contributed by atoms with Crippen molar-refractivity contribution >= 4 is 16.5 Å². The van der Waals surface area contributed by atoms with Crippen LogP contribution in [-0.4, -0.2) is 12.1 Å². The Hall–Kier alpha value is -2.61. The molecular weight excluding hydrogens is 282 g/mol. The van der Waals surface area contributed by atoms with Crippen LogP contribution >= 0.6 is 0 Å². The third-order valence-corrected chi connectivity index (χ3v) is 4.21. The molecule has 0 N–H and O–H groups in total. The lowest BCUT2D eigenvalue weighted by Gasteiger charge is -2.15. The molecule has 0 saturated carbocycles. The van der Waals surface area contributed by atoms with Gasteiger partial charge in [-0.25, -0.2) is 0 Å². The molecule has 2 heteroatoms. The Labute approximate surface area is 137 Å². The first-order valence-corrected chi connectivity index (χ1v) is 7.84. The number of para-hydroxylation sites is 1. The molecule has 3 aromatic rings. The van der Waals surface area contributed by atoms with Crippen molar-refractivity contribution in [2.45, 2.75) is 19.3 Å². The number of nitrogens with zero attached hydrogens (tertiary/aromatic N) is 1. The molecule has 2 nitrogen and oxygen atoms in total. The zero-order valence-corrected chi connectivity index (χ0v) is 13.6. The second kappa shape index (κ2) is 6.66. The summed E-state index contributed by atoms with van der Waals surface area (Å²) in [6, 6.07) is 18.5. The number of pyridine rings is 1. The minimum atomic E-state index is 0.366. The molecule has 0 aliphatic heterocycles. The number of methoxy groups -OCH3 is 1. The van der Waals surface area contributed by atoms with Crippen molar-refractivity contribution in [3.8, 4) is 5.75 Å². The lowest BCUT2D eigenvalue weighted by Crippen LogP contribution is -1.97. The molecule has 1 heterocycles. The van der Waals surface area contributed by atoms with Crippen LogP contribution in [0.4, 0.5) is 0 Å². The van der Waals surface area contributed by atoms with Gasteiger partial charge in [0.25, 0.3) is 0 Å². The highest BCUT2D eigenvalue weighted by atomic mass is 16.5. The van der Waals surface area contributed by atoms with Gasteiger partial charge in [0, 0.05) is 11.6 Å². The number of fused-ring (bicyclic) bond motifs is 1. The third-order valence-electron chi connectivity index (χ3n) is 4.21. The van der Waals surface area contributed by atoms with E-state index in [4.69, 9.17) is 4.74 Å². The smallest absolute Gasteiger partial charge is 0.119 e. The highest BCUT2D eigenvalue weighted by Crippen LogP contribution is 2.30. The van der Waals surface area contributed by atoms with E-state index in [0.717, 1.165) is 28.8 Å². The maximum Gasteiger partial charge on any atom is 0.119 e. The molecule has 2 aromatic carbocycles. The normalized spacial score (nSPS) is 12.1. The Morgan fingerprint density at radius 3 is 2.78 bits per heavy atom. The Bertz CT molecular complexity index is 838. The predicted octanol–water partition coefficient (Wildman–Crippen LogP) is 5.45. The van der Waals surface area contributed by atoms with Crippen LogP contribution in [0, 0.1) is 0 Å². The summed E-state index contributed by atoms with van der Waals surface area (Å²) in [6.45, 7) is 6.47. The van der Waals surface area contributed by atoms with E-state index in [9.17, 15) is 0 Å². The lowest BCUT2D eigenvalue weighted by atomic mass is 9.91. The molecule has 0 aliphatic rings. The average Bonchev–Trinajstić information content (AvgIpc) is 2.61. The van der Waals surface area contributed by atoms with Crippen LogP contribution in [0.25, 0.3) is 16.5 Å². The van der Waals surface area contributed by atoms with Crippen molar-refractivity contribution in [3.05, 3.63) is 78.5 Å². The van der Waals surface area contributed by atoms with E-state index in [1.54, 1.807) is 7.11 Å². The van der Waals surface area contributed by atoms with Gasteiger partial charge >= 0.3 is 0 Å². The summed E-state index contributed by atoms with van der Waals surface area (Å²) in [7, 11) is 1.69. The van der Waals surface area contributed by atoms with Crippen molar-refractivity contribution in [2.75, 3.05) is 7.11 Å². The molecule has 0 amide bonds. The van der Waals surface area contributed by atoms with Gasteiger partial charge in [-0.1, -0.05) is 43.8 Å². The molecule has 0 unspecified atom stereocenters. The van der Waals surface area contributed by atoms with Gasteiger partial charge in [-0.05, 0) is 53.3 Å². The van der Waals surface area contributed by atoms with Gasteiger partial charge in [0.15, 0.2) is 0 Å². The van der Waals surface area contributed by atoms with Gasteiger partial charge in [0.05, 0.1) is 12.6 Å². The minimum Gasteiger partial charge on any atom is -0.497 e. The standard InChI is InChI=1S/C21H21NO/c1-15(17-8-6-9-20(13-17)23-3)11-16(2)19-12-18-7-4-5-10-21(18)22-14-19/h4-10,12-14,16H,1,11H2,2-3H3/t16-/m1/s1. The van der Waals surface area contributed by atoms with Crippen LogP contribution < -0.4 is 4.74 Å². The Balaban J connectivity index is 1.79. The SMILES string of the molecule is C=C(C[C@@H](C)c1cnc2ccccc2c1)c1cccc(OC)c1. The molecule has 0 fully saturated rings. The van der Waals surface area contributed by atoms with Gasteiger partial charge in [-0.3, -0.25) is 4.98 Å². The molecular formula is C21H21NO. The van der Waals surface area contributed by atoms with E-state index in [0.29, 0.717) is 5.92 Å². The third kappa shape index (κ3) is 3.42. The molecule has 0 radical (unpaired) electrons. The summed E-state index contributed by atoms with van der Waals surface area (Å²) in [5, 5.41) is 1.18. The van der Waals surface area contributed by atoms with Crippen molar-refractivity contribution in [1.82, 2.24) is 4.98 Å². The van der Waals surface area contributed by atoms with Crippen LogP contribution in [-0.2, 0) is 0 Å². The lowest BCUT2D eigenvalue weighted by molar-refractivity contribution is 0.414. The molecule has 1 atom stereocenters. The monoisotopic (exact) mass is 303 g/mol. The van der Waals surface area contributed by atoms with Gasteiger partial charge in [0.2, 0.25) is 0 Å². The van der Waals surface area contributed by atoms with E-state index < -0.39 is 0 Å². The quantitative estimate of drug-likeness (QED) is 0.625. The average molecular weight is 303 g/mol. The maximum atomic E-state index is 5.29. The summed E-state index contributed by atoms with van der Waals surface area (Å²) >= 11 is 0. The van der Waals surface area contributed by atoms with E-state index in [-0.39, 0.29) is 0 Å². The highest BCUT2D eigenvalue weighted by Gasteiger charge is 2.10. The summed E-state index contributed by atoms with van der Waals surface area (Å²) < 4.78 is 5.29. The molecule has 23 heavy (non-hydrogen) atoms. The zero-order chi connectivity index (χ0) is 16.2. The molecule has 1 aromatic heterocycles. The predicted molar refractivity (Wildman–Crippen MR) is 96.8 cm³/mol. The fraction of sp³-hybridized carbons (Fsp3) is 0.190. The fourth-order valence-electron chi connectivity index (χ4n) is 2.81. The number of hydrogen-bond acceptors (Lipinski definition) is 2. The number of benzene rings is 2. The van der Waals surface area contributed by atoms with E-state index in [1.807, 2.05) is 42.6 Å². The van der Waals surface area contributed by atoms with Crippen LogP contribution in [0.15, 0.2) is 67.4 Å². The first-order valence-electron chi connectivity index (χ1n) is 7.84. The number of hydrogen-bond donors (Lipinski definition) is 0. The summed E-state index contributed by atoms with van der Waals surface area (Å²) in [4.78, 5) is 4.56. The van der Waals surface area contributed by atoms with E-state index >= 15 is 0 Å². The second-order valence-electron chi connectivity index (χ2n) is 5.90. The van der Waals surface area contributed by atoms with Crippen LogP contribution in [0.5, 0.6) is 5.75 Å². The molecule has 116 valence electrons. The molecule has 3 rings (SSSR count). The number of rotatable bonds is 5.